The second-order valence-corrected chi connectivity index (χ2v) is 5.62. The molecule has 1 aliphatic carbocycles. The lowest BCUT2D eigenvalue weighted by Gasteiger charge is -2.12. The van der Waals surface area contributed by atoms with Crippen molar-refractivity contribution in [2.45, 2.75) is 17.5 Å². The Balaban J connectivity index is 2.07. The molecule has 0 aromatic carbocycles. The Morgan fingerprint density at radius 1 is 1.41 bits per heavy atom. The molecule has 92 valence electrons. The smallest absolute Gasteiger partial charge is 0.258 e. The fourth-order valence-electron chi connectivity index (χ4n) is 1.76. The van der Waals surface area contributed by atoms with Crippen molar-refractivity contribution in [1.29, 1.82) is 0 Å². The van der Waals surface area contributed by atoms with E-state index in [2.05, 4.69) is 9.71 Å². The van der Waals surface area contributed by atoms with Crippen LogP contribution in [-0.4, -0.2) is 31.2 Å². The van der Waals surface area contributed by atoms with Crippen molar-refractivity contribution < 1.29 is 13.5 Å². The minimum atomic E-state index is -3.57. The normalized spacial score (nSPS) is 24.1. The summed E-state index contributed by atoms with van der Waals surface area (Å²) in [4.78, 5) is 3.81. The maximum absolute atomic E-state index is 11.9. The first-order valence-corrected chi connectivity index (χ1v) is 6.82. The molecule has 0 bridgehead atoms. The summed E-state index contributed by atoms with van der Waals surface area (Å²) in [7, 11) is -3.57. The van der Waals surface area contributed by atoms with Crippen molar-refractivity contribution in [2.75, 3.05) is 6.61 Å². The Morgan fingerprint density at radius 3 is 2.82 bits per heavy atom. The van der Waals surface area contributed by atoms with Gasteiger partial charge in [0.1, 0.15) is 0 Å². The van der Waals surface area contributed by atoms with Crippen molar-refractivity contribution in [1.82, 2.24) is 9.71 Å². The van der Waals surface area contributed by atoms with Gasteiger partial charge in [-0.05, 0) is 18.6 Å². The van der Waals surface area contributed by atoms with E-state index in [9.17, 15) is 8.42 Å². The summed E-state index contributed by atoms with van der Waals surface area (Å²) in [6.07, 6.45) is 5.62. The fraction of sp³-hybridized carbons (Fsp3) is 0.364. The minimum absolute atomic E-state index is 0.0147. The van der Waals surface area contributed by atoms with Crippen LogP contribution in [0.25, 0.3) is 0 Å². The molecule has 0 saturated carbocycles. The molecule has 0 amide bonds. The third-order valence-corrected chi connectivity index (χ3v) is 4.03. The number of aliphatic hydroxyl groups excluding tert-OH is 1. The summed E-state index contributed by atoms with van der Waals surface area (Å²) in [5, 5.41) is 8.97. The SMILES string of the molecule is O=S(=O)(N[C@@H]1C=C[C@H](CO)C1)c1ccccn1. The summed E-state index contributed by atoms with van der Waals surface area (Å²) in [6.45, 7) is 0.0400. The van der Waals surface area contributed by atoms with E-state index in [1.54, 1.807) is 18.2 Å². The number of hydrogen-bond acceptors (Lipinski definition) is 4. The van der Waals surface area contributed by atoms with E-state index in [0.717, 1.165) is 0 Å². The lowest BCUT2D eigenvalue weighted by molar-refractivity contribution is 0.248. The largest absolute Gasteiger partial charge is 0.396 e. The molecule has 0 saturated heterocycles. The highest BCUT2D eigenvalue weighted by Crippen LogP contribution is 2.18. The fourth-order valence-corrected chi connectivity index (χ4v) is 2.91. The first-order valence-electron chi connectivity index (χ1n) is 5.34. The number of sulfonamides is 1. The van der Waals surface area contributed by atoms with Gasteiger partial charge in [0.25, 0.3) is 10.0 Å². The third kappa shape index (κ3) is 2.91. The van der Waals surface area contributed by atoms with Crippen LogP contribution in [-0.2, 0) is 10.0 Å². The Bertz CT molecular complexity index is 499. The zero-order valence-corrected chi connectivity index (χ0v) is 9.97. The molecule has 2 atom stereocenters. The van der Waals surface area contributed by atoms with E-state index in [1.165, 1.54) is 12.3 Å². The van der Waals surface area contributed by atoms with Crippen LogP contribution in [0.5, 0.6) is 0 Å². The van der Waals surface area contributed by atoms with Crippen molar-refractivity contribution in [3.8, 4) is 0 Å². The molecule has 1 aromatic heterocycles. The van der Waals surface area contributed by atoms with Gasteiger partial charge in [-0.2, -0.15) is 0 Å². The van der Waals surface area contributed by atoms with Crippen LogP contribution in [0.15, 0.2) is 41.6 Å². The lowest BCUT2D eigenvalue weighted by Crippen LogP contribution is -2.33. The summed E-state index contributed by atoms with van der Waals surface area (Å²) in [5.41, 5.74) is 0. The summed E-state index contributed by atoms with van der Waals surface area (Å²) < 4.78 is 26.4. The van der Waals surface area contributed by atoms with Crippen LogP contribution in [0.1, 0.15) is 6.42 Å². The topological polar surface area (TPSA) is 79.3 Å². The number of nitrogens with one attached hydrogen (secondary N) is 1. The highest BCUT2D eigenvalue weighted by atomic mass is 32.2. The van der Waals surface area contributed by atoms with E-state index in [4.69, 9.17) is 5.11 Å². The van der Waals surface area contributed by atoms with Gasteiger partial charge >= 0.3 is 0 Å². The molecule has 0 fully saturated rings. The lowest BCUT2D eigenvalue weighted by atomic mass is 10.1. The van der Waals surface area contributed by atoms with Gasteiger partial charge in [-0.1, -0.05) is 18.2 Å². The van der Waals surface area contributed by atoms with Gasteiger partial charge in [-0.15, -0.1) is 0 Å². The van der Waals surface area contributed by atoms with Gasteiger partial charge in [0.05, 0.1) is 0 Å². The molecule has 5 nitrogen and oxygen atoms in total. The molecule has 1 heterocycles. The van der Waals surface area contributed by atoms with E-state index in [-0.39, 0.29) is 23.6 Å². The van der Waals surface area contributed by atoms with Crippen molar-refractivity contribution in [3.63, 3.8) is 0 Å². The third-order valence-electron chi connectivity index (χ3n) is 2.63. The Labute approximate surface area is 100 Å². The number of nitrogens with zero attached hydrogens (tertiary/aromatic N) is 1. The number of hydrogen-bond donors (Lipinski definition) is 2. The molecule has 6 heteroatoms. The Kier molecular flexibility index (Phi) is 3.56. The van der Waals surface area contributed by atoms with Gasteiger partial charge in [0.15, 0.2) is 5.03 Å². The van der Waals surface area contributed by atoms with Crippen LogP contribution in [0.4, 0.5) is 0 Å². The van der Waals surface area contributed by atoms with Crippen LogP contribution >= 0.6 is 0 Å². The summed E-state index contributed by atoms with van der Waals surface area (Å²) in [5.74, 6) is 0.0337. The molecular formula is C11H14N2O3S. The van der Waals surface area contributed by atoms with E-state index < -0.39 is 10.0 Å². The van der Waals surface area contributed by atoms with Crippen LogP contribution in [0, 0.1) is 5.92 Å². The number of aliphatic hydroxyl groups is 1. The maximum atomic E-state index is 11.9. The number of rotatable bonds is 4. The highest BCUT2D eigenvalue weighted by Gasteiger charge is 2.24. The summed E-state index contributed by atoms with van der Waals surface area (Å²) in [6, 6.07) is 4.47. The zero-order chi connectivity index (χ0) is 12.3. The number of pyridine rings is 1. The predicted octanol–water partition coefficient (Wildman–Crippen LogP) is 0.297. The first kappa shape index (κ1) is 12.2. The molecule has 2 rings (SSSR count). The summed E-state index contributed by atoms with van der Waals surface area (Å²) >= 11 is 0. The molecule has 0 radical (unpaired) electrons. The average Bonchev–Trinajstić information content (AvgIpc) is 2.77. The van der Waals surface area contributed by atoms with Gasteiger partial charge in [-0.3, -0.25) is 0 Å². The monoisotopic (exact) mass is 254 g/mol. The molecular weight excluding hydrogens is 240 g/mol. The Hall–Kier alpha value is -1.24. The van der Waals surface area contributed by atoms with Crippen LogP contribution in [0.3, 0.4) is 0 Å². The van der Waals surface area contributed by atoms with Crippen LogP contribution < -0.4 is 4.72 Å². The quantitative estimate of drug-likeness (QED) is 0.757. The zero-order valence-electron chi connectivity index (χ0n) is 9.15. The average molecular weight is 254 g/mol. The molecule has 1 aliphatic rings. The van der Waals surface area contributed by atoms with Gasteiger partial charge in [-0.25, -0.2) is 18.1 Å². The van der Waals surface area contributed by atoms with E-state index in [0.29, 0.717) is 6.42 Å². The second-order valence-electron chi connectivity index (χ2n) is 3.96. The second kappa shape index (κ2) is 4.95. The van der Waals surface area contributed by atoms with Gasteiger partial charge in [0, 0.05) is 24.8 Å². The molecule has 0 aliphatic heterocycles. The van der Waals surface area contributed by atoms with E-state index in [1.807, 2.05) is 6.08 Å². The molecule has 1 aromatic rings. The molecule has 17 heavy (non-hydrogen) atoms. The van der Waals surface area contributed by atoms with E-state index >= 15 is 0 Å². The number of aromatic nitrogens is 1. The van der Waals surface area contributed by atoms with Crippen molar-refractivity contribution >= 4 is 10.0 Å². The minimum Gasteiger partial charge on any atom is -0.396 e. The van der Waals surface area contributed by atoms with Crippen molar-refractivity contribution in [2.24, 2.45) is 5.92 Å². The van der Waals surface area contributed by atoms with Crippen LogP contribution in [0.2, 0.25) is 0 Å². The first-order chi connectivity index (χ1) is 8.12. The van der Waals surface area contributed by atoms with Gasteiger partial charge < -0.3 is 5.11 Å². The molecule has 0 unspecified atom stereocenters. The predicted molar refractivity (Wildman–Crippen MR) is 62.7 cm³/mol. The highest BCUT2D eigenvalue weighted by molar-refractivity contribution is 7.89. The molecule has 2 N–H and O–H groups in total. The van der Waals surface area contributed by atoms with Crippen molar-refractivity contribution in [3.05, 3.63) is 36.5 Å². The Morgan fingerprint density at radius 2 is 2.24 bits per heavy atom. The van der Waals surface area contributed by atoms with Gasteiger partial charge in [0.2, 0.25) is 0 Å². The molecule has 0 spiro atoms. The standard InChI is InChI=1S/C11H14N2O3S/c14-8-9-4-5-10(7-9)13-17(15,16)11-3-1-2-6-12-11/h1-6,9-10,13-14H,7-8H2/t9-,10+/m0/s1. The maximum Gasteiger partial charge on any atom is 0.258 e.